The van der Waals surface area contributed by atoms with Gasteiger partial charge in [0.25, 0.3) is 5.91 Å². The summed E-state index contributed by atoms with van der Waals surface area (Å²) in [7, 11) is 0. The highest BCUT2D eigenvalue weighted by atomic mass is 16.5. The van der Waals surface area contributed by atoms with Crippen LogP contribution < -0.4 is 22.1 Å². The van der Waals surface area contributed by atoms with Crippen LogP contribution >= 0.6 is 0 Å². The van der Waals surface area contributed by atoms with E-state index in [1.54, 1.807) is 12.1 Å². The van der Waals surface area contributed by atoms with Gasteiger partial charge in [0.1, 0.15) is 12.1 Å². The topological polar surface area (TPSA) is 199 Å². The van der Waals surface area contributed by atoms with E-state index in [1.807, 2.05) is 13.0 Å². The molecule has 0 bridgehead atoms. The summed E-state index contributed by atoms with van der Waals surface area (Å²) >= 11 is 0. The first kappa shape index (κ1) is 25.9. The Kier molecular flexibility index (Phi) is 5.73. The number of imide groups is 1. The van der Waals surface area contributed by atoms with Gasteiger partial charge in [-0.05, 0) is 29.5 Å². The van der Waals surface area contributed by atoms with Crippen molar-refractivity contribution in [1.82, 2.24) is 20.4 Å². The monoisotopic (exact) mass is 526 g/mol. The molecule has 2 saturated heterocycles. The van der Waals surface area contributed by atoms with E-state index < -0.39 is 35.5 Å². The van der Waals surface area contributed by atoms with Crippen LogP contribution in [0.5, 0.6) is 0 Å². The average Bonchev–Trinajstić information content (AvgIpc) is 3.41. The van der Waals surface area contributed by atoms with Crippen LogP contribution in [-0.2, 0) is 15.0 Å². The van der Waals surface area contributed by atoms with E-state index >= 15 is 0 Å². The normalized spacial score (nSPS) is 30.0. The average molecular weight is 527 g/mol. The van der Waals surface area contributed by atoms with Gasteiger partial charge in [0, 0.05) is 24.9 Å². The fourth-order valence-corrected chi connectivity index (χ4v) is 6.18. The van der Waals surface area contributed by atoms with E-state index in [-0.39, 0.29) is 55.1 Å². The molecule has 13 nitrogen and oxygen atoms in total. The first-order valence-electron chi connectivity index (χ1n) is 12.6. The second-order valence-corrected chi connectivity index (χ2v) is 11.4. The summed E-state index contributed by atoms with van der Waals surface area (Å²) in [5, 5.41) is 28.9. The van der Waals surface area contributed by atoms with Crippen LogP contribution in [0.4, 0.5) is 0 Å². The molecule has 204 valence electrons. The molecule has 38 heavy (non-hydrogen) atoms. The Balaban J connectivity index is 1.46. The highest BCUT2D eigenvalue weighted by Gasteiger charge is 2.73. The Bertz CT molecular complexity index is 1270. The lowest BCUT2D eigenvalue weighted by Crippen LogP contribution is -2.78. The van der Waals surface area contributed by atoms with Crippen molar-refractivity contribution in [3.63, 3.8) is 0 Å². The molecule has 4 aliphatic rings. The first-order chi connectivity index (χ1) is 17.7. The number of amides is 3. The van der Waals surface area contributed by atoms with Gasteiger partial charge in [0.2, 0.25) is 17.6 Å². The molecular weight excluding hydrogens is 492 g/mol. The molecule has 3 amide bonds. The number of nitrogens with two attached hydrogens (primary N) is 2. The summed E-state index contributed by atoms with van der Waals surface area (Å²) in [4.78, 5) is 49.3. The van der Waals surface area contributed by atoms with E-state index in [2.05, 4.69) is 41.4 Å². The van der Waals surface area contributed by atoms with Crippen LogP contribution in [-0.4, -0.2) is 92.3 Å². The summed E-state index contributed by atoms with van der Waals surface area (Å²) < 4.78 is 0. The molecule has 1 aromatic carbocycles. The highest BCUT2D eigenvalue weighted by Crippen LogP contribution is 2.45. The molecule has 2 fully saturated rings. The Morgan fingerprint density at radius 2 is 1.84 bits per heavy atom. The van der Waals surface area contributed by atoms with Gasteiger partial charge >= 0.3 is 0 Å². The fourth-order valence-electron chi connectivity index (χ4n) is 6.18. The molecule has 13 heteroatoms. The number of aliphatic imine (C=N–C) groups is 2. The zero-order valence-electron chi connectivity index (χ0n) is 21.9. The number of rotatable bonds is 4. The van der Waals surface area contributed by atoms with Gasteiger partial charge in [-0.2, -0.15) is 0 Å². The summed E-state index contributed by atoms with van der Waals surface area (Å²) in [6, 6.07) is 2.33. The third-order valence-electron chi connectivity index (χ3n) is 8.02. The number of aliphatic hydroxyl groups is 2. The summed E-state index contributed by atoms with van der Waals surface area (Å²) in [5.41, 5.74) is 12.5. The van der Waals surface area contributed by atoms with Crippen LogP contribution in [0.2, 0.25) is 0 Å². The molecule has 8 N–H and O–H groups in total. The number of nitrogens with one attached hydrogen (secondary N) is 2. The molecule has 0 aromatic heterocycles. The Hall–Kier alpha value is -3.71. The number of hydrogen-bond acceptors (Lipinski definition) is 11. The molecule has 0 radical (unpaired) electrons. The second-order valence-electron chi connectivity index (χ2n) is 11.4. The molecule has 0 saturated carbocycles. The Labute approximate surface area is 220 Å². The molecule has 4 aliphatic heterocycles. The third-order valence-corrected chi connectivity index (χ3v) is 8.02. The van der Waals surface area contributed by atoms with Gasteiger partial charge in [-0.25, -0.2) is 9.98 Å². The molecule has 4 atom stereocenters. The Morgan fingerprint density at radius 3 is 2.47 bits per heavy atom. The highest BCUT2D eigenvalue weighted by molar-refractivity contribution is 6.02. The van der Waals surface area contributed by atoms with Crippen molar-refractivity contribution in [3.05, 3.63) is 34.9 Å². The van der Waals surface area contributed by atoms with Crippen LogP contribution in [0.15, 0.2) is 28.2 Å². The fraction of sp³-hybridized carbons (Fsp3) is 0.560. The van der Waals surface area contributed by atoms with Crippen molar-refractivity contribution >= 4 is 29.6 Å². The summed E-state index contributed by atoms with van der Waals surface area (Å²) in [5.74, 6) is -3.92. The molecule has 5 rings (SSSR count). The van der Waals surface area contributed by atoms with Crippen molar-refractivity contribution in [2.24, 2.45) is 21.5 Å². The Morgan fingerprint density at radius 1 is 1.18 bits per heavy atom. The van der Waals surface area contributed by atoms with Gasteiger partial charge < -0.3 is 37.2 Å². The SMILES string of the molecule is Cc1c(C(=O)NC2CN3C(N)=N[C@@H](CN4C(=O)CCC4=O)[C@@H]4N=C(N)N[C@@]43C2(O)O)cccc1C(C)(C)C. The summed E-state index contributed by atoms with van der Waals surface area (Å²) in [6.45, 7) is 7.77. The zero-order chi connectivity index (χ0) is 27.8. The molecule has 1 aromatic rings. The standard InChI is InChI=1S/C25H34N8O5/c1-12-13(6-5-7-14(12)23(2,3)4)20(36)29-16-11-33-22(27)28-15(10-32-17(34)8-9-18(32)35)19-24(33,25(16,37)38)31-21(26)30-19/h5-7,15-16,19,37-38H,8-11H2,1-4H3,(H2,27,28)(H,29,36)(H3,26,30,31)/t15-,16?,19-,24-/m0/s1. The van der Waals surface area contributed by atoms with Crippen molar-refractivity contribution < 1.29 is 24.6 Å². The number of guanidine groups is 2. The van der Waals surface area contributed by atoms with Gasteiger partial charge in [-0.1, -0.05) is 32.9 Å². The van der Waals surface area contributed by atoms with Crippen molar-refractivity contribution in [1.29, 1.82) is 0 Å². The maximum Gasteiger partial charge on any atom is 0.252 e. The largest absolute Gasteiger partial charge is 0.370 e. The number of nitrogens with zero attached hydrogens (tertiary/aromatic N) is 4. The predicted octanol–water partition coefficient (Wildman–Crippen LogP) is -1.78. The van der Waals surface area contributed by atoms with Crippen LogP contribution in [0.25, 0.3) is 0 Å². The van der Waals surface area contributed by atoms with Gasteiger partial charge in [-0.15, -0.1) is 0 Å². The molecule has 4 heterocycles. The van der Waals surface area contributed by atoms with E-state index in [4.69, 9.17) is 11.5 Å². The second kappa shape index (κ2) is 8.40. The quantitative estimate of drug-likeness (QED) is 0.194. The minimum absolute atomic E-state index is 0.0575. The minimum Gasteiger partial charge on any atom is -0.370 e. The van der Waals surface area contributed by atoms with Crippen molar-refractivity contribution in [2.75, 3.05) is 13.1 Å². The van der Waals surface area contributed by atoms with E-state index in [0.29, 0.717) is 5.56 Å². The number of carbonyl (C=O) groups is 3. The maximum atomic E-state index is 13.4. The van der Waals surface area contributed by atoms with Crippen LogP contribution in [0, 0.1) is 6.92 Å². The zero-order valence-corrected chi connectivity index (χ0v) is 21.9. The lowest BCUT2D eigenvalue weighted by atomic mass is 9.82. The summed E-state index contributed by atoms with van der Waals surface area (Å²) in [6.07, 6.45) is 0.203. The van der Waals surface area contributed by atoms with Gasteiger partial charge in [0.05, 0.1) is 12.6 Å². The van der Waals surface area contributed by atoms with E-state index in [9.17, 15) is 24.6 Å². The smallest absolute Gasteiger partial charge is 0.252 e. The van der Waals surface area contributed by atoms with Gasteiger partial charge in [0.15, 0.2) is 17.6 Å². The molecular formula is C25H34N8O5. The number of likely N-dealkylation sites (tertiary alicyclic amines) is 1. The molecule has 1 spiro atoms. The maximum absolute atomic E-state index is 13.4. The number of hydrogen-bond donors (Lipinski definition) is 6. The first-order valence-corrected chi connectivity index (χ1v) is 12.6. The van der Waals surface area contributed by atoms with Crippen LogP contribution in [0.1, 0.15) is 55.1 Å². The van der Waals surface area contributed by atoms with Crippen molar-refractivity contribution in [2.45, 2.75) is 75.5 Å². The molecule has 0 aliphatic carbocycles. The van der Waals surface area contributed by atoms with Crippen LogP contribution in [0.3, 0.4) is 0 Å². The predicted molar refractivity (Wildman–Crippen MR) is 138 cm³/mol. The van der Waals surface area contributed by atoms with E-state index in [0.717, 1.165) is 16.0 Å². The number of carbonyl (C=O) groups excluding carboxylic acids is 3. The molecule has 1 unspecified atom stereocenters. The number of benzene rings is 1. The lowest BCUT2D eigenvalue weighted by molar-refractivity contribution is -0.230. The van der Waals surface area contributed by atoms with Gasteiger partial charge in [-0.3, -0.25) is 19.3 Å². The third kappa shape index (κ3) is 3.63. The van der Waals surface area contributed by atoms with Crippen molar-refractivity contribution in [3.8, 4) is 0 Å². The van der Waals surface area contributed by atoms with E-state index in [1.165, 1.54) is 4.90 Å². The lowest BCUT2D eigenvalue weighted by Gasteiger charge is -2.49. The minimum atomic E-state index is -2.62.